The second-order valence-electron chi connectivity index (χ2n) is 9.35. The second-order valence-corrected chi connectivity index (χ2v) is 10.7. The molecule has 0 atom stereocenters. The Balaban J connectivity index is 1.74. The average molecular weight is 500 g/mol. The average Bonchev–Trinajstić information content (AvgIpc) is 3.22. The molecular formula is C28H22FN3O3S. The lowest BCUT2D eigenvalue weighted by Gasteiger charge is -2.31. The molecule has 2 aromatic heterocycles. The van der Waals surface area contributed by atoms with Crippen molar-refractivity contribution >= 4 is 43.1 Å². The molecule has 6 nitrogen and oxygen atoms in total. The minimum atomic E-state index is -4.85. The number of aryl methyl sites for hydroxylation is 1. The van der Waals surface area contributed by atoms with Gasteiger partial charge in [-0.15, -0.1) is 3.89 Å². The molecule has 1 fully saturated rings. The highest BCUT2D eigenvalue weighted by molar-refractivity contribution is 7.86. The molecule has 0 unspecified atom stereocenters. The van der Waals surface area contributed by atoms with E-state index < -0.39 is 15.1 Å². The van der Waals surface area contributed by atoms with Gasteiger partial charge in [0.15, 0.2) is 5.43 Å². The SMILES string of the molecule is CCc1cc2c(=O)c3c4ccc(C#N)cc4[nH]c3n(C3CCC3)c2cc1-c1cccc(S(=O)(=O)F)c1. The zero-order valence-electron chi connectivity index (χ0n) is 19.5. The highest BCUT2D eigenvalue weighted by atomic mass is 32.3. The predicted octanol–water partition coefficient (Wildman–Crippen LogP) is 6.12. The van der Waals surface area contributed by atoms with E-state index in [1.54, 1.807) is 18.2 Å². The summed E-state index contributed by atoms with van der Waals surface area (Å²) >= 11 is 0. The molecule has 6 rings (SSSR count). The van der Waals surface area contributed by atoms with Crippen LogP contribution in [-0.4, -0.2) is 18.0 Å². The number of hydrogen-bond donors (Lipinski definition) is 1. The van der Waals surface area contributed by atoms with Crippen molar-refractivity contribution in [2.24, 2.45) is 0 Å². The third kappa shape index (κ3) is 3.34. The summed E-state index contributed by atoms with van der Waals surface area (Å²) in [5.41, 5.74) is 4.86. The highest BCUT2D eigenvalue weighted by Crippen LogP contribution is 2.39. The molecule has 0 bridgehead atoms. The fourth-order valence-corrected chi connectivity index (χ4v) is 5.84. The van der Waals surface area contributed by atoms with Gasteiger partial charge >= 0.3 is 10.2 Å². The molecule has 1 aliphatic carbocycles. The quantitative estimate of drug-likeness (QED) is 0.301. The lowest BCUT2D eigenvalue weighted by Crippen LogP contribution is -2.21. The number of nitrogens with one attached hydrogen (secondary N) is 1. The van der Waals surface area contributed by atoms with E-state index in [1.165, 1.54) is 18.2 Å². The van der Waals surface area contributed by atoms with E-state index in [1.807, 2.05) is 25.1 Å². The standard InChI is InChI=1S/C28H22FN3O3S/c1-2-17-13-23-25(14-22(17)18-5-3-8-20(12-18)36(29,34)35)32(19-6-4-7-19)28-26(27(23)33)21-10-9-16(15-30)11-24(21)31-28/h3,5,8-14,19,31H,2,4,6-7H2,1H3. The molecular weight excluding hydrogens is 477 g/mol. The van der Waals surface area contributed by atoms with Crippen LogP contribution in [0, 0.1) is 11.3 Å². The maximum absolute atomic E-state index is 13.9. The van der Waals surface area contributed by atoms with Crippen molar-refractivity contribution in [3.63, 3.8) is 0 Å². The van der Waals surface area contributed by atoms with Crippen molar-refractivity contribution in [3.8, 4) is 17.2 Å². The first-order valence-corrected chi connectivity index (χ1v) is 13.3. The van der Waals surface area contributed by atoms with Crippen molar-refractivity contribution in [2.75, 3.05) is 0 Å². The monoisotopic (exact) mass is 499 g/mol. The van der Waals surface area contributed by atoms with Crippen LogP contribution in [0.25, 0.3) is 44.0 Å². The van der Waals surface area contributed by atoms with Crippen LogP contribution < -0.4 is 5.43 Å². The molecule has 0 spiro atoms. The maximum Gasteiger partial charge on any atom is 0.332 e. The summed E-state index contributed by atoms with van der Waals surface area (Å²) in [7, 11) is -4.85. The molecule has 1 N–H and O–H groups in total. The number of rotatable bonds is 4. The number of fused-ring (bicyclic) bond motifs is 4. The third-order valence-electron chi connectivity index (χ3n) is 7.35. The molecule has 2 heterocycles. The summed E-state index contributed by atoms with van der Waals surface area (Å²) in [4.78, 5) is 16.9. The van der Waals surface area contributed by atoms with Crippen molar-refractivity contribution in [2.45, 2.75) is 43.5 Å². The lowest BCUT2D eigenvalue weighted by molar-refractivity contribution is 0.327. The molecule has 1 aliphatic rings. The van der Waals surface area contributed by atoms with E-state index in [0.29, 0.717) is 28.3 Å². The number of hydrogen-bond acceptors (Lipinski definition) is 4. The topological polar surface area (TPSA) is 95.7 Å². The summed E-state index contributed by atoms with van der Waals surface area (Å²) in [5.74, 6) is 0. The number of H-pyrrole nitrogens is 1. The smallest absolute Gasteiger partial charge is 0.332 e. The fraction of sp³-hybridized carbons (Fsp3) is 0.214. The Labute approximate surface area is 206 Å². The predicted molar refractivity (Wildman–Crippen MR) is 138 cm³/mol. The van der Waals surface area contributed by atoms with Crippen LogP contribution >= 0.6 is 0 Å². The van der Waals surface area contributed by atoms with Gasteiger partial charge in [-0.25, -0.2) is 0 Å². The van der Waals surface area contributed by atoms with Crippen molar-refractivity contribution in [1.82, 2.24) is 9.55 Å². The van der Waals surface area contributed by atoms with Crippen LogP contribution in [-0.2, 0) is 16.6 Å². The van der Waals surface area contributed by atoms with Crippen molar-refractivity contribution in [3.05, 3.63) is 75.9 Å². The maximum atomic E-state index is 13.9. The number of nitrogens with zero attached hydrogens (tertiary/aromatic N) is 2. The number of aromatic nitrogens is 2. The molecule has 0 aliphatic heterocycles. The molecule has 0 radical (unpaired) electrons. The van der Waals surface area contributed by atoms with Crippen LogP contribution in [0.15, 0.2) is 64.3 Å². The Hall–Kier alpha value is -3.96. The molecule has 36 heavy (non-hydrogen) atoms. The summed E-state index contributed by atoms with van der Waals surface area (Å²) < 4.78 is 39.1. The Bertz CT molecular complexity index is 1930. The van der Waals surface area contributed by atoms with E-state index in [4.69, 9.17) is 0 Å². The van der Waals surface area contributed by atoms with E-state index in [2.05, 4.69) is 15.6 Å². The lowest BCUT2D eigenvalue weighted by atomic mass is 9.90. The van der Waals surface area contributed by atoms with Crippen molar-refractivity contribution in [1.29, 1.82) is 5.26 Å². The van der Waals surface area contributed by atoms with Gasteiger partial charge in [0, 0.05) is 22.3 Å². The number of aromatic amines is 1. The van der Waals surface area contributed by atoms with Crippen LogP contribution in [0.4, 0.5) is 3.89 Å². The number of benzene rings is 3. The summed E-state index contributed by atoms with van der Waals surface area (Å²) in [6.45, 7) is 1.97. The van der Waals surface area contributed by atoms with Crippen LogP contribution in [0.2, 0.25) is 0 Å². The third-order valence-corrected chi connectivity index (χ3v) is 8.17. The zero-order chi connectivity index (χ0) is 25.2. The molecule has 3 aromatic carbocycles. The second kappa shape index (κ2) is 8.04. The molecule has 180 valence electrons. The molecule has 0 amide bonds. The highest BCUT2D eigenvalue weighted by Gasteiger charge is 2.26. The van der Waals surface area contributed by atoms with Gasteiger partial charge in [-0.2, -0.15) is 13.7 Å². The molecule has 8 heteroatoms. The number of nitriles is 1. The van der Waals surface area contributed by atoms with Crippen LogP contribution in [0.1, 0.15) is 43.4 Å². The Morgan fingerprint density at radius 2 is 1.92 bits per heavy atom. The van der Waals surface area contributed by atoms with Gasteiger partial charge in [-0.3, -0.25) is 4.79 Å². The first-order valence-electron chi connectivity index (χ1n) is 11.9. The zero-order valence-corrected chi connectivity index (χ0v) is 20.3. The van der Waals surface area contributed by atoms with Gasteiger partial charge < -0.3 is 9.55 Å². The Kier molecular flexibility index (Phi) is 5.02. The van der Waals surface area contributed by atoms with Crippen LogP contribution in [0.5, 0.6) is 0 Å². The normalized spacial score (nSPS) is 14.4. The number of pyridine rings is 1. The van der Waals surface area contributed by atoms with E-state index >= 15 is 0 Å². The van der Waals surface area contributed by atoms with Gasteiger partial charge in [0.2, 0.25) is 0 Å². The summed E-state index contributed by atoms with van der Waals surface area (Å²) in [5, 5.41) is 11.3. The molecule has 5 aromatic rings. The van der Waals surface area contributed by atoms with Crippen LogP contribution in [0.3, 0.4) is 0 Å². The Morgan fingerprint density at radius 1 is 1.11 bits per heavy atom. The van der Waals surface area contributed by atoms with Gasteiger partial charge in [0.05, 0.1) is 27.4 Å². The van der Waals surface area contributed by atoms with E-state index in [9.17, 15) is 22.4 Å². The van der Waals surface area contributed by atoms with Crippen molar-refractivity contribution < 1.29 is 12.3 Å². The minimum Gasteiger partial charge on any atom is -0.340 e. The molecule has 1 saturated carbocycles. The minimum absolute atomic E-state index is 0.0899. The number of halogens is 1. The van der Waals surface area contributed by atoms with Gasteiger partial charge in [0.1, 0.15) is 5.65 Å². The summed E-state index contributed by atoms with van der Waals surface area (Å²) in [6.07, 6.45) is 3.66. The summed E-state index contributed by atoms with van der Waals surface area (Å²) in [6, 6.07) is 17.3. The first kappa shape index (κ1) is 22.5. The largest absolute Gasteiger partial charge is 0.340 e. The van der Waals surface area contributed by atoms with Gasteiger partial charge in [0.25, 0.3) is 0 Å². The van der Waals surface area contributed by atoms with Gasteiger partial charge in [-0.05, 0) is 78.8 Å². The molecule has 0 saturated heterocycles. The van der Waals surface area contributed by atoms with E-state index in [0.717, 1.165) is 52.5 Å². The fourth-order valence-electron chi connectivity index (χ4n) is 5.33. The first-order chi connectivity index (χ1) is 17.3. The Morgan fingerprint density at radius 3 is 2.58 bits per heavy atom. The van der Waals surface area contributed by atoms with E-state index in [-0.39, 0.29) is 11.5 Å². The van der Waals surface area contributed by atoms with Gasteiger partial charge in [-0.1, -0.05) is 25.1 Å².